The maximum absolute atomic E-state index is 5.74. The monoisotopic (exact) mass is 246 g/mol. The summed E-state index contributed by atoms with van der Waals surface area (Å²) in [5.74, 6) is 1.73. The van der Waals surface area contributed by atoms with E-state index in [0.29, 0.717) is 5.92 Å². The van der Waals surface area contributed by atoms with Crippen LogP contribution in [0, 0.1) is 0 Å². The van der Waals surface area contributed by atoms with Gasteiger partial charge in [0, 0.05) is 31.6 Å². The number of para-hydroxylation sites is 1. The topological polar surface area (TPSA) is 24.5 Å². The summed E-state index contributed by atoms with van der Waals surface area (Å²) < 4.78 is 5.74. The van der Waals surface area contributed by atoms with Crippen LogP contribution in [0.15, 0.2) is 24.3 Å². The first-order chi connectivity index (χ1) is 8.88. The predicted molar refractivity (Wildman–Crippen MR) is 73.2 cm³/mol. The highest BCUT2D eigenvalue weighted by atomic mass is 16.5. The molecule has 0 amide bonds. The molecule has 1 atom stereocenters. The minimum absolute atomic E-state index is 0.635. The lowest BCUT2D eigenvalue weighted by Gasteiger charge is -2.40. The van der Waals surface area contributed by atoms with Gasteiger partial charge < -0.3 is 10.1 Å². The number of ether oxygens (including phenoxy) is 1. The Labute approximate surface area is 109 Å². The van der Waals surface area contributed by atoms with Crippen LogP contribution in [0.25, 0.3) is 0 Å². The highest BCUT2D eigenvalue weighted by Crippen LogP contribution is 2.34. The van der Waals surface area contributed by atoms with Gasteiger partial charge in [0.2, 0.25) is 0 Å². The largest absolute Gasteiger partial charge is 0.493 e. The molecule has 0 bridgehead atoms. The van der Waals surface area contributed by atoms with Crippen molar-refractivity contribution in [1.82, 2.24) is 10.2 Å². The normalized spacial score (nSPS) is 23.3. The van der Waals surface area contributed by atoms with E-state index in [1.165, 1.54) is 12.1 Å². The highest BCUT2D eigenvalue weighted by molar-refractivity contribution is 5.38. The Morgan fingerprint density at radius 2 is 2.17 bits per heavy atom. The Bertz CT molecular complexity index is 403. The number of nitrogens with zero attached hydrogens (tertiary/aromatic N) is 1. The molecule has 3 rings (SSSR count). The standard InChI is InChI=1S/C15H22N2O/c1-2-17(13-9-16-10-13)11-12-7-8-18-15-6-4-3-5-14(12)15/h3-6,12-13,16H,2,7-11H2,1H3. The Morgan fingerprint density at radius 1 is 1.33 bits per heavy atom. The fraction of sp³-hybridized carbons (Fsp3) is 0.600. The van der Waals surface area contributed by atoms with Gasteiger partial charge in [0.15, 0.2) is 0 Å². The van der Waals surface area contributed by atoms with E-state index in [4.69, 9.17) is 4.74 Å². The van der Waals surface area contributed by atoms with Crippen LogP contribution in [0.5, 0.6) is 5.75 Å². The summed E-state index contributed by atoms with van der Waals surface area (Å²) in [4.78, 5) is 2.61. The van der Waals surface area contributed by atoms with Crippen molar-refractivity contribution < 1.29 is 4.74 Å². The number of benzene rings is 1. The number of nitrogens with one attached hydrogen (secondary N) is 1. The third-order valence-corrected chi connectivity index (χ3v) is 4.22. The minimum Gasteiger partial charge on any atom is -0.493 e. The molecule has 3 heteroatoms. The van der Waals surface area contributed by atoms with Crippen molar-refractivity contribution in [3.8, 4) is 5.75 Å². The third-order valence-electron chi connectivity index (χ3n) is 4.22. The molecule has 1 aromatic carbocycles. The van der Waals surface area contributed by atoms with Crippen LogP contribution in [0.4, 0.5) is 0 Å². The van der Waals surface area contributed by atoms with Gasteiger partial charge in [-0.05, 0) is 24.6 Å². The lowest BCUT2D eigenvalue weighted by Crippen LogP contribution is -2.57. The van der Waals surface area contributed by atoms with Gasteiger partial charge in [-0.1, -0.05) is 25.1 Å². The quantitative estimate of drug-likeness (QED) is 0.877. The van der Waals surface area contributed by atoms with E-state index in [0.717, 1.165) is 44.5 Å². The van der Waals surface area contributed by atoms with Crippen LogP contribution < -0.4 is 10.1 Å². The fourth-order valence-electron chi connectivity index (χ4n) is 2.96. The average Bonchev–Trinajstić information content (AvgIpc) is 2.36. The van der Waals surface area contributed by atoms with Crippen LogP contribution in [0.3, 0.4) is 0 Å². The minimum atomic E-state index is 0.635. The van der Waals surface area contributed by atoms with Crippen LogP contribution in [-0.2, 0) is 0 Å². The van der Waals surface area contributed by atoms with Crippen LogP contribution in [-0.4, -0.2) is 43.7 Å². The van der Waals surface area contributed by atoms with Crippen LogP contribution in [0.2, 0.25) is 0 Å². The summed E-state index contributed by atoms with van der Waals surface area (Å²) >= 11 is 0. The first-order valence-electron chi connectivity index (χ1n) is 7.05. The number of likely N-dealkylation sites (N-methyl/N-ethyl adjacent to an activating group) is 1. The molecule has 0 radical (unpaired) electrons. The maximum atomic E-state index is 5.74. The summed E-state index contributed by atoms with van der Waals surface area (Å²) in [5, 5.41) is 3.37. The summed E-state index contributed by atoms with van der Waals surface area (Å²) in [7, 11) is 0. The zero-order chi connectivity index (χ0) is 12.4. The predicted octanol–water partition coefficient (Wildman–Crippen LogP) is 1.85. The number of fused-ring (bicyclic) bond motifs is 1. The Kier molecular flexibility index (Phi) is 3.52. The van der Waals surface area contributed by atoms with E-state index < -0.39 is 0 Å². The zero-order valence-corrected chi connectivity index (χ0v) is 11.1. The molecule has 1 saturated heterocycles. The second kappa shape index (κ2) is 5.29. The molecule has 3 nitrogen and oxygen atoms in total. The van der Waals surface area contributed by atoms with E-state index in [1.54, 1.807) is 0 Å². The van der Waals surface area contributed by atoms with Crippen molar-refractivity contribution in [2.24, 2.45) is 0 Å². The molecule has 2 heterocycles. The Morgan fingerprint density at radius 3 is 2.89 bits per heavy atom. The number of hydrogen-bond donors (Lipinski definition) is 1. The van der Waals surface area contributed by atoms with Gasteiger partial charge >= 0.3 is 0 Å². The summed E-state index contributed by atoms with van der Waals surface area (Å²) in [5.41, 5.74) is 1.40. The van der Waals surface area contributed by atoms with Crippen molar-refractivity contribution in [3.63, 3.8) is 0 Å². The molecule has 2 aliphatic heterocycles. The van der Waals surface area contributed by atoms with Gasteiger partial charge in [-0.2, -0.15) is 0 Å². The van der Waals surface area contributed by atoms with Gasteiger partial charge in [-0.3, -0.25) is 4.90 Å². The molecule has 0 aliphatic carbocycles. The number of rotatable bonds is 4. The van der Waals surface area contributed by atoms with E-state index in [-0.39, 0.29) is 0 Å². The summed E-state index contributed by atoms with van der Waals surface area (Å²) in [6.07, 6.45) is 1.15. The molecule has 0 saturated carbocycles. The third kappa shape index (κ3) is 2.25. The first kappa shape index (κ1) is 12.0. The van der Waals surface area contributed by atoms with Crippen molar-refractivity contribution in [1.29, 1.82) is 0 Å². The van der Waals surface area contributed by atoms with Gasteiger partial charge in [-0.25, -0.2) is 0 Å². The first-order valence-corrected chi connectivity index (χ1v) is 7.05. The molecule has 1 fully saturated rings. The van der Waals surface area contributed by atoms with E-state index in [2.05, 4.69) is 41.4 Å². The second-order valence-electron chi connectivity index (χ2n) is 5.27. The summed E-state index contributed by atoms with van der Waals surface area (Å²) in [6, 6.07) is 9.26. The Balaban J connectivity index is 1.72. The lowest BCUT2D eigenvalue weighted by molar-refractivity contribution is 0.132. The van der Waals surface area contributed by atoms with Crippen molar-refractivity contribution in [2.75, 3.05) is 32.8 Å². The van der Waals surface area contributed by atoms with Crippen molar-refractivity contribution >= 4 is 0 Å². The van der Waals surface area contributed by atoms with Gasteiger partial charge in [0.05, 0.1) is 6.61 Å². The fourth-order valence-corrected chi connectivity index (χ4v) is 2.96. The van der Waals surface area contributed by atoms with Gasteiger partial charge in [-0.15, -0.1) is 0 Å². The molecule has 0 spiro atoms. The SMILES string of the molecule is CCN(CC1CCOc2ccccc21)C1CNC1. The van der Waals surface area contributed by atoms with E-state index in [9.17, 15) is 0 Å². The van der Waals surface area contributed by atoms with Crippen molar-refractivity contribution in [2.45, 2.75) is 25.3 Å². The van der Waals surface area contributed by atoms with Crippen molar-refractivity contribution in [3.05, 3.63) is 29.8 Å². The van der Waals surface area contributed by atoms with E-state index in [1.807, 2.05) is 0 Å². The summed E-state index contributed by atoms with van der Waals surface area (Å²) in [6.45, 7) is 7.75. The zero-order valence-electron chi connectivity index (χ0n) is 11.1. The average molecular weight is 246 g/mol. The van der Waals surface area contributed by atoms with Gasteiger partial charge in [0.25, 0.3) is 0 Å². The number of hydrogen-bond acceptors (Lipinski definition) is 3. The molecule has 0 aromatic heterocycles. The molecule has 2 aliphatic rings. The molecule has 1 N–H and O–H groups in total. The molecule has 1 aromatic rings. The molecular formula is C15H22N2O. The van der Waals surface area contributed by atoms with Crippen LogP contribution in [0.1, 0.15) is 24.8 Å². The maximum Gasteiger partial charge on any atom is 0.122 e. The highest BCUT2D eigenvalue weighted by Gasteiger charge is 2.28. The molecule has 18 heavy (non-hydrogen) atoms. The Hall–Kier alpha value is -1.06. The smallest absolute Gasteiger partial charge is 0.122 e. The van der Waals surface area contributed by atoms with Gasteiger partial charge in [0.1, 0.15) is 5.75 Å². The van der Waals surface area contributed by atoms with E-state index >= 15 is 0 Å². The molecular weight excluding hydrogens is 224 g/mol. The molecule has 98 valence electrons. The lowest BCUT2D eigenvalue weighted by atomic mass is 9.92. The van der Waals surface area contributed by atoms with Crippen LogP contribution >= 0.6 is 0 Å². The molecule has 1 unspecified atom stereocenters. The second-order valence-corrected chi connectivity index (χ2v) is 5.27.